The van der Waals surface area contributed by atoms with Crippen molar-refractivity contribution in [3.05, 3.63) is 30.1 Å². The number of halogens is 1. The first-order chi connectivity index (χ1) is 11.1. The molecule has 0 amide bonds. The summed E-state index contributed by atoms with van der Waals surface area (Å²) in [6.07, 6.45) is 2.28. The van der Waals surface area contributed by atoms with Crippen molar-refractivity contribution in [2.75, 3.05) is 37.7 Å². The molecule has 2 fully saturated rings. The van der Waals surface area contributed by atoms with E-state index < -0.39 is 9.84 Å². The normalized spacial score (nSPS) is 27.3. The van der Waals surface area contributed by atoms with Crippen LogP contribution >= 0.6 is 0 Å². The van der Waals surface area contributed by atoms with Crippen LogP contribution in [0.1, 0.15) is 12.8 Å². The van der Waals surface area contributed by atoms with Gasteiger partial charge in [-0.3, -0.25) is 4.90 Å². The van der Waals surface area contributed by atoms with E-state index in [-0.39, 0.29) is 35.2 Å². The number of nitrogens with one attached hydrogen (secondary N) is 1. The van der Waals surface area contributed by atoms with E-state index in [0.717, 1.165) is 25.9 Å². The average molecular weight is 342 g/mol. The van der Waals surface area contributed by atoms with E-state index in [9.17, 15) is 12.8 Å². The van der Waals surface area contributed by atoms with Crippen LogP contribution in [0.2, 0.25) is 0 Å². The Bertz CT molecular complexity index is 632. The first kappa shape index (κ1) is 16.7. The molecule has 5 nitrogen and oxygen atoms in total. The molecule has 2 unspecified atom stereocenters. The molecule has 2 aliphatic heterocycles. The number of para-hydroxylation sites is 1. The average Bonchev–Trinajstić information content (AvgIpc) is 3.12. The van der Waals surface area contributed by atoms with E-state index >= 15 is 0 Å². The minimum atomic E-state index is -2.98. The smallest absolute Gasteiger partial charge is 0.165 e. The molecule has 0 aromatic heterocycles. The van der Waals surface area contributed by atoms with Crippen LogP contribution in [0.3, 0.4) is 0 Å². The lowest BCUT2D eigenvalue weighted by atomic mass is 10.1. The molecule has 2 aliphatic rings. The van der Waals surface area contributed by atoms with E-state index in [1.165, 1.54) is 6.07 Å². The minimum absolute atomic E-state index is 0.0518. The highest BCUT2D eigenvalue weighted by molar-refractivity contribution is 7.91. The van der Waals surface area contributed by atoms with Gasteiger partial charge in [-0.15, -0.1) is 0 Å². The van der Waals surface area contributed by atoms with Gasteiger partial charge in [0.05, 0.1) is 11.5 Å². The summed E-state index contributed by atoms with van der Waals surface area (Å²) in [6.45, 7) is 2.76. The van der Waals surface area contributed by atoms with Crippen LogP contribution in [0.15, 0.2) is 24.3 Å². The zero-order valence-electron chi connectivity index (χ0n) is 13.1. The fourth-order valence-electron chi connectivity index (χ4n) is 3.42. The summed E-state index contributed by atoms with van der Waals surface area (Å²) in [5, 5.41) is 3.29. The Kier molecular flexibility index (Phi) is 5.18. The Balaban J connectivity index is 1.51. The van der Waals surface area contributed by atoms with Crippen molar-refractivity contribution in [2.45, 2.75) is 24.9 Å². The fourth-order valence-corrected chi connectivity index (χ4v) is 5.41. The number of benzene rings is 1. The summed E-state index contributed by atoms with van der Waals surface area (Å²) >= 11 is 0. The maximum absolute atomic E-state index is 13.5. The summed E-state index contributed by atoms with van der Waals surface area (Å²) in [6, 6.07) is 6.26. The van der Waals surface area contributed by atoms with Crippen LogP contribution in [0.5, 0.6) is 5.75 Å². The third-order valence-corrected chi connectivity index (χ3v) is 6.25. The number of nitrogens with zero attached hydrogens (tertiary/aromatic N) is 1. The molecule has 3 rings (SSSR count). The third kappa shape index (κ3) is 4.22. The highest BCUT2D eigenvalue weighted by Gasteiger charge is 2.41. The number of sulfone groups is 1. The Morgan fingerprint density at radius 1 is 1.22 bits per heavy atom. The molecular weight excluding hydrogens is 319 g/mol. The van der Waals surface area contributed by atoms with Gasteiger partial charge in [0.1, 0.15) is 6.61 Å². The quantitative estimate of drug-likeness (QED) is 0.784. The Morgan fingerprint density at radius 2 is 1.96 bits per heavy atom. The lowest BCUT2D eigenvalue weighted by Crippen LogP contribution is -2.49. The largest absolute Gasteiger partial charge is 0.489 e. The summed E-state index contributed by atoms with van der Waals surface area (Å²) in [5.74, 6) is 0.252. The van der Waals surface area contributed by atoms with Crippen LogP contribution in [0.25, 0.3) is 0 Å². The van der Waals surface area contributed by atoms with Crippen LogP contribution in [-0.2, 0) is 9.84 Å². The minimum Gasteiger partial charge on any atom is -0.489 e. The van der Waals surface area contributed by atoms with Gasteiger partial charge in [0.15, 0.2) is 21.4 Å². The molecule has 1 aromatic carbocycles. The van der Waals surface area contributed by atoms with Crippen LogP contribution in [0, 0.1) is 5.82 Å². The molecule has 0 saturated carbocycles. The summed E-state index contributed by atoms with van der Waals surface area (Å²) in [5.41, 5.74) is 0. The van der Waals surface area contributed by atoms with Crippen molar-refractivity contribution >= 4 is 9.84 Å². The first-order valence-electron chi connectivity index (χ1n) is 8.10. The number of hydrogen-bond donors (Lipinski definition) is 1. The van der Waals surface area contributed by atoms with Crippen molar-refractivity contribution in [1.82, 2.24) is 10.2 Å². The van der Waals surface area contributed by atoms with E-state index in [1.54, 1.807) is 18.2 Å². The van der Waals surface area contributed by atoms with Gasteiger partial charge < -0.3 is 10.1 Å². The van der Waals surface area contributed by atoms with Crippen molar-refractivity contribution in [1.29, 1.82) is 0 Å². The van der Waals surface area contributed by atoms with Crippen molar-refractivity contribution in [3.63, 3.8) is 0 Å². The monoisotopic (exact) mass is 342 g/mol. The summed E-state index contributed by atoms with van der Waals surface area (Å²) in [7, 11) is -2.98. The number of likely N-dealkylation sites (tertiary alicyclic amines) is 1. The van der Waals surface area contributed by atoms with E-state index in [4.69, 9.17) is 4.74 Å². The van der Waals surface area contributed by atoms with Gasteiger partial charge in [-0.25, -0.2) is 12.8 Å². The highest BCUT2D eigenvalue weighted by atomic mass is 32.2. The SMILES string of the molecule is O=S1(=O)CC(NCCOc2ccccc2F)C(N2CCCC2)C1. The Hall–Kier alpha value is -1.18. The molecule has 2 heterocycles. The molecule has 23 heavy (non-hydrogen) atoms. The van der Waals surface area contributed by atoms with Crippen molar-refractivity contribution in [2.24, 2.45) is 0 Å². The molecule has 1 N–H and O–H groups in total. The van der Waals surface area contributed by atoms with Crippen LogP contribution < -0.4 is 10.1 Å². The predicted molar refractivity (Wildman–Crippen MR) is 86.9 cm³/mol. The van der Waals surface area contributed by atoms with Crippen LogP contribution in [0.4, 0.5) is 4.39 Å². The molecule has 0 aliphatic carbocycles. The van der Waals surface area contributed by atoms with E-state index in [1.807, 2.05) is 0 Å². The van der Waals surface area contributed by atoms with E-state index in [2.05, 4.69) is 10.2 Å². The second kappa shape index (κ2) is 7.15. The van der Waals surface area contributed by atoms with Crippen molar-refractivity contribution in [3.8, 4) is 5.75 Å². The zero-order chi connectivity index (χ0) is 16.3. The molecule has 7 heteroatoms. The Morgan fingerprint density at radius 3 is 2.70 bits per heavy atom. The lowest BCUT2D eigenvalue weighted by molar-refractivity contribution is 0.217. The topological polar surface area (TPSA) is 58.6 Å². The predicted octanol–water partition coefficient (Wildman–Crippen LogP) is 1.06. The van der Waals surface area contributed by atoms with Gasteiger partial charge in [-0.2, -0.15) is 0 Å². The molecule has 0 bridgehead atoms. The maximum Gasteiger partial charge on any atom is 0.165 e. The van der Waals surface area contributed by atoms with Gasteiger partial charge in [-0.05, 0) is 38.1 Å². The fraction of sp³-hybridized carbons (Fsp3) is 0.625. The van der Waals surface area contributed by atoms with Gasteiger partial charge in [0, 0.05) is 18.6 Å². The molecule has 0 spiro atoms. The van der Waals surface area contributed by atoms with Crippen LogP contribution in [-0.4, -0.2) is 63.1 Å². The molecular formula is C16H23FN2O3S. The first-order valence-corrected chi connectivity index (χ1v) is 9.92. The molecule has 1 aromatic rings. The lowest BCUT2D eigenvalue weighted by Gasteiger charge is -2.28. The summed E-state index contributed by atoms with van der Waals surface area (Å²) < 4.78 is 42.8. The second-order valence-electron chi connectivity index (χ2n) is 6.23. The number of rotatable bonds is 6. The highest BCUT2D eigenvalue weighted by Crippen LogP contribution is 2.22. The second-order valence-corrected chi connectivity index (χ2v) is 8.38. The molecule has 2 atom stereocenters. The summed E-state index contributed by atoms with van der Waals surface area (Å²) in [4.78, 5) is 2.28. The molecule has 0 radical (unpaired) electrons. The molecule has 2 saturated heterocycles. The number of ether oxygens (including phenoxy) is 1. The Labute approximate surface area is 136 Å². The number of hydrogen-bond acceptors (Lipinski definition) is 5. The zero-order valence-corrected chi connectivity index (χ0v) is 13.9. The van der Waals surface area contributed by atoms with Gasteiger partial charge in [-0.1, -0.05) is 12.1 Å². The van der Waals surface area contributed by atoms with Crippen molar-refractivity contribution < 1.29 is 17.5 Å². The van der Waals surface area contributed by atoms with Gasteiger partial charge in [0.2, 0.25) is 0 Å². The van der Waals surface area contributed by atoms with Gasteiger partial charge in [0.25, 0.3) is 0 Å². The van der Waals surface area contributed by atoms with Gasteiger partial charge >= 0.3 is 0 Å². The maximum atomic E-state index is 13.5. The van der Waals surface area contributed by atoms with E-state index in [0.29, 0.717) is 13.2 Å². The standard InChI is InChI=1S/C16H23FN2O3S/c17-13-5-1-2-6-16(13)22-10-7-18-14-11-23(20,21)12-15(14)19-8-3-4-9-19/h1-2,5-6,14-15,18H,3-4,7-12H2. The molecule has 128 valence electrons. The third-order valence-electron chi connectivity index (χ3n) is 4.54.